The highest BCUT2D eigenvalue weighted by molar-refractivity contribution is 6.06. The van der Waals surface area contributed by atoms with Crippen molar-refractivity contribution in [3.63, 3.8) is 0 Å². The molecule has 5 saturated carbocycles. The molecule has 7 bridgehead atoms. The number of fused-ring (bicyclic) bond motifs is 2. The van der Waals surface area contributed by atoms with Crippen molar-refractivity contribution in [1.82, 2.24) is 9.88 Å². The second-order valence-corrected chi connectivity index (χ2v) is 15.4. The van der Waals surface area contributed by atoms with Gasteiger partial charge in [0, 0.05) is 74.9 Å². The first-order valence-corrected chi connectivity index (χ1v) is 17.5. The summed E-state index contributed by atoms with van der Waals surface area (Å²) in [6.07, 6.45) is 9.95. The molecule has 5 aliphatic carbocycles. The maximum Gasteiger partial charge on any atom is 0.340 e. The molecule has 6 aliphatic rings. The predicted octanol–water partition coefficient (Wildman–Crippen LogP) is 3.99. The van der Waals surface area contributed by atoms with Gasteiger partial charge in [0.2, 0.25) is 5.91 Å². The molecule has 6 fully saturated rings. The molecule has 0 radical (unpaired) electrons. The summed E-state index contributed by atoms with van der Waals surface area (Å²) in [6, 6.07) is 8.90. The van der Waals surface area contributed by atoms with E-state index < -0.39 is 28.2 Å². The number of methoxy groups -OCH3 is 2. The van der Waals surface area contributed by atoms with Crippen LogP contribution in [-0.4, -0.2) is 94.3 Å². The number of para-hydroxylation sites is 1. The largest absolute Gasteiger partial charge is 0.454 e. The fourth-order valence-corrected chi connectivity index (χ4v) is 12.1. The number of aliphatic hydroxyl groups is 2. The van der Waals surface area contributed by atoms with Gasteiger partial charge in [0.25, 0.3) is 0 Å². The van der Waals surface area contributed by atoms with E-state index in [1.807, 2.05) is 13.0 Å². The van der Waals surface area contributed by atoms with Crippen LogP contribution in [0.5, 0.6) is 0 Å². The average molecular weight is 658 g/mol. The van der Waals surface area contributed by atoms with E-state index in [4.69, 9.17) is 14.2 Å². The summed E-state index contributed by atoms with van der Waals surface area (Å²) in [5.74, 6) is -1.22. The maximum absolute atomic E-state index is 14.3. The number of ether oxygens (including phenoxy) is 3. The van der Waals surface area contributed by atoms with Crippen LogP contribution in [0.15, 0.2) is 48.8 Å². The number of aromatic nitrogens is 1. The SMILES string of the molecule is CCN1C[C@]2(OC(=O)c3ccccc3NC(=O)/C=C/c3cncc(C)c3)CC[C@H](OC)[C@]34C1[C@@H](C[C@H]23)[C@@]1(O)C[C@H](OC)[C@H]2C[C@@H]4[C@]1(O)C2. The van der Waals surface area contributed by atoms with Crippen LogP contribution in [0.3, 0.4) is 0 Å². The molecule has 1 aliphatic heterocycles. The smallest absolute Gasteiger partial charge is 0.340 e. The van der Waals surface area contributed by atoms with Crippen LogP contribution in [0.1, 0.15) is 66.9 Å². The van der Waals surface area contributed by atoms with Gasteiger partial charge in [-0.05, 0) is 86.9 Å². The molecule has 1 amide bonds. The Morgan fingerprint density at radius 2 is 1.90 bits per heavy atom. The number of pyridine rings is 1. The van der Waals surface area contributed by atoms with Crippen LogP contribution in [0.2, 0.25) is 0 Å². The summed E-state index contributed by atoms with van der Waals surface area (Å²) >= 11 is 0. The molecule has 1 unspecified atom stereocenters. The van der Waals surface area contributed by atoms with Crippen molar-refractivity contribution in [2.45, 2.75) is 87.4 Å². The minimum absolute atomic E-state index is 0.00354. The van der Waals surface area contributed by atoms with Crippen molar-refractivity contribution in [3.8, 4) is 0 Å². The van der Waals surface area contributed by atoms with Gasteiger partial charge in [-0.15, -0.1) is 0 Å². The van der Waals surface area contributed by atoms with Crippen LogP contribution in [0, 0.1) is 36.0 Å². The molecule has 1 aromatic heterocycles. The highest BCUT2D eigenvalue weighted by Gasteiger charge is 2.87. The third-order valence-electron chi connectivity index (χ3n) is 13.6. The Bertz CT molecular complexity index is 1670. The molecule has 10 nitrogen and oxygen atoms in total. The normalized spacial score (nSPS) is 42.2. The lowest BCUT2D eigenvalue weighted by Crippen LogP contribution is -2.81. The van der Waals surface area contributed by atoms with Gasteiger partial charge >= 0.3 is 5.97 Å². The third kappa shape index (κ3) is 4.19. The Hall–Kier alpha value is -3.15. The lowest BCUT2D eigenvalue weighted by Gasteiger charge is -2.70. The fraction of sp³-hybridized carbons (Fsp3) is 0.605. The standard InChI is InChI=1S/C38H47N3O7/c1-5-41-21-35(48-34(43)25-8-6-7-9-27(25)40-32(42)11-10-23-14-22(2)19-39-20-23)13-12-31(47-4)38-29(35)16-26(33(38)41)36(44)18-28(46-3)24-15-30(38)37(36,45)17-24/h6-11,14,19-20,24,26,28-31,33,44-45H,5,12-13,15-18,21H2,1-4H3,(H,40,42)/b11-10+/t24-,26+,28-,29+,30+,31-,33?,35+,36-,37+,38-/m0/s1. The highest BCUT2D eigenvalue weighted by Crippen LogP contribution is 2.79. The topological polar surface area (TPSA) is 130 Å². The molecule has 2 aromatic rings. The number of carbonyl (C=O) groups excluding carboxylic acids is 2. The summed E-state index contributed by atoms with van der Waals surface area (Å²) in [6.45, 7) is 5.35. The van der Waals surface area contributed by atoms with E-state index in [9.17, 15) is 19.8 Å². The third-order valence-corrected chi connectivity index (χ3v) is 13.6. The Morgan fingerprint density at radius 3 is 2.65 bits per heavy atom. The molecule has 1 saturated heterocycles. The number of nitrogens with zero attached hydrogens (tertiary/aromatic N) is 2. The summed E-state index contributed by atoms with van der Waals surface area (Å²) < 4.78 is 19.1. The molecule has 1 aromatic carbocycles. The molecular weight excluding hydrogens is 610 g/mol. The van der Waals surface area contributed by atoms with Gasteiger partial charge in [-0.3, -0.25) is 14.7 Å². The van der Waals surface area contributed by atoms with Crippen LogP contribution < -0.4 is 5.32 Å². The number of likely N-dealkylation sites (tertiary alicyclic amines) is 1. The first-order valence-electron chi connectivity index (χ1n) is 17.5. The molecule has 10 heteroatoms. The predicted molar refractivity (Wildman–Crippen MR) is 178 cm³/mol. The fourth-order valence-electron chi connectivity index (χ4n) is 12.1. The number of benzene rings is 1. The lowest BCUT2D eigenvalue weighted by atomic mass is 9.44. The van der Waals surface area contributed by atoms with Crippen molar-refractivity contribution in [2.75, 3.05) is 32.6 Å². The molecule has 3 N–H and O–H groups in total. The Morgan fingerprint density at radius 1 is 1.08 bits per heavy atom. The van der Waals surface area contributed by atoms with Crippen molar-refractivity contribution in [2.24, 2.45) is 29.1 Å². The quantitative estimate of drug-likeness (QED) is 0.285. The maximum atomic E-state index is 14.3. The zero-order valence-corrected chi connectivity index (χ0v) is 28.2. The van der Waals surface area contributed by atoms with Crippen molar-refractivity contribution in [1.29, 1.82) is 0 Å². The number of esters is 1. The summed E-state index contributed by atoms with van der Waals surface area (Å²) in [7, 11) is 3.49. The van der Waals surface area contributed by atoms with Gasteiger partial charge in [-0.1, -0.05) is 19.1 Å². The van der Waals surface area contributed by atoms with E-state index in [0.29, 0.717) is 44.3 Å². The summed E-state index contributed by atoms with van der Waals surface area (Å²) in [5.41, 5.74) is -1.42. The van der Waals surface area contributed by atoms with Gasteiger partial charge < -0.3 is 29.7 Å². The number of piperidine rings is 1. The van der Waals surface area contributed by atoms with Crippen LogP contribution >= 0.6 is 0 Å². The number of nitrogens with one attached hydrogen (secondary N) is 1. The minimum atomic E-state index is -1.30. The van der Waals surface area contributed by atoms with Crippen molar-refractivity contribution < 1.29 is 34.0 Å². The van der Waals surface area contributed by atoms with Gasteiger partial charge in [-0.2, -0.15) is 0 Å². The van der Waals surface area contributed by atoms with Gasteiger partial charge in [-0.25, -0.2) is 4.79 Å². The zero-order valence-electron chi connectivity index (χ0n) is 28.2. The molecule has 256 valence electrons. The van der Waals surface area contributed by atoms with E-state index in [2.05, 4.69) is 22.1 Å². The molecule has 48 heavy (non-hydrogen) atoms. The number of hydrogen-bond donors (Lipinski definition) is 3. The number of likely N-dealkylation sites (N-methyl/N-ethyl adjacent to an activating group) is 1. The number of rotatable bonds is 8. The Balaban J connectivity index is 1.14. The van der Waals surface area contributed by atoms with Gasteiger partial charge in [0.15, 0.2) is 0 Å². The Labute approximate surface area is 281 Å². The summed E-state index contributed by atoms with van der Waals surface area (Å²) in [5, 5.41) is 28.2. The number of carbonyl (C=O) groups is 2. The first-order chi connectivity index (χ1) is 23.0. The van der Waals surface area contributed by atoms with Gasteiger partial charge in [0.05, 0.1) is 29.1 Å². The average Bonchev–Trinajstić information content (AvgIpc) is 3.55. The molecule has 8 rings (SSSR count). The van der Waals surface area contributed by atoms with E-state index in [0.717, 1.165) is 24.1 Å². The molecule has 2 heterocycles. The van der Waals surface area contributed by atoms with E-state index in [1.165, 1.54) is 6.08 Å². The number of amides is 1. The van der Waals surface area contributed by atoms with Crippen molar-refractivity contribution in [3.05, 3.63) is 65.5 Å². The van der Waals surface area contributed by atoms with Crippen LogP contribution in [0.25, 0.3) is 6.08 Å². The highest BCUT2D eigenvalue weighted by atomic mass is 16.6. The minimum Gasteiger partial charge on any atom is -0.454 e. The Kier molecular flexibility index (Phi) is 7.47. The number of aryl methyl sites for hydroxylation is 1. The second-order valence-electron chi connectivity index (χ2n) is 15.4. The van der Waals surface area contributed by atoms with E-state index >= 15 is 0 Å². The van der Waals surface area contributed by atoms with Gasteiger partial charge in [0.1, 0.15) is 11.2 Å². The van der Waals surface area contributed by atoms with E-state index in [-0.39, 0.29) is 53.4 Å². The lowest BCUT2D eigenvalue weighted by molar-refractivity contribution is -0.317. The number of hydrogen-bond acceptors (Lipinski definition) is 9. The summed E-state index contributed by atoms with van der Waals surface area (Å²) in [4.78, 5) is 33.9. The monoisotopic (exact) mass is 657 g/mol. The van der Waals surface area contributed by atoms with Crippen molar-refractivity contribution >= 4 is 23.6 Å². The molecule has 1 spiro atoms. The molecule has 11 atom stereocenters. The number of anilines is 1. The second kappa shape index (κ2) is 11.2. The zero-order chi connectivity index (χ0) is 33.6. The molecular formula is C38H47N3O7. The van der Waals surface area contributed by atoms with Crippen LogP contribution in [0.4, 0.5) is 5.69 Å². The van der Waals surface area contributed by atoms with E-state index in [1.54, 1.807) is 57.0 Å². The first kappa shape index (κ1) is 32.1. The van der Waals surface area contributed by atoms with Crippen LogP contribution in [-0.2, 0) is 19.0 Å².